The Kier molecular flexibility index (Phi) is 3.50. The highest BCUT2D eigenvalue weighted by Gasteiger charge is 2.46. The summed E-state index contributed by atoms with van der Waals surface area (Å²) >= 11 is 0. The zero-order valence-electron chi connectivity index (χ0n) is 15.4. The van der Waals surface area contributed by atoms with Crippen molar-refractivity contribution in [3.05, 3.63) is 11.8 Å². The van der Waals surface area contributed by atoms with Crippen molar-refractivity contribution in [1.29, 1.82) is 0 Å². The van der Waals surface area contributed by atoms with Gasteiger partial charge in [0.2, 0.25) is 17.8 Å². The van der Waals surface area contributed by atoms with Crippen LogP contribution in [0.3, 0.4) is 0 Å². The van der Waals surface area contributed by atoms with Crippen LogP contribution in [0.1, 0.15) is 30.9 Å². The van der Waals surface area contributed by atoms with Gasteiger partial charge in [0.05, 0.1) is 0 Å². The Morgan fingerprint density at radius 1 is 0.963 bits per heavy atom. The van der Waals surface area contributed by atoms with Gasteiger partial charge < -0.3 is 20.4 Å². The van der Waals surface area contributed by atoms with E-state index in [2.05, 4.69) is 36.7 Å². The second-order valence-corrected chi connectivity index (χ2v) is 8.26. The zero-order valence-corrected chi connectivity index (χ0v) is 15.4. The first-order chi connectivity index (χ1) is 13.3. The average Bonchev–Trinajstić information content (AvgIpc) is 3.61. The van der Waals surface area contributed by atoms with Crippen molar-refractivity contribution in [3.63, 3.8) is 0 Å². The van der Waals surface area contributed by atoms with E-state index in [1.54, 1.807) is 0 Å². The Hall–Kier alpha value is -2.42. The Morgan fingerprint density at radius 2 is 1.70 bits per heavy atom. The first-order valence-electron chi connectivity index (χ1n) is 10.1. The van der Waals surface area contributed by atoms with E-state index in [-0.39, 0.29) is 0 Å². The Bertz CT molecular complexity index is 809. The van der Waals surface area contributed by atoms with E-state index in [0.29, 0.717) is 11.9 Å². The molecule has 0 spiro atoms. The number of H-pyrrole nitrogens is 1. The van der Waals surface area contributed by atoms with Crippen LogP contribution < -0.4 is 20.4 Å². The molecule has 2 aromatic heterocycles. The quantitative estimate of drug-likeness (QED) is 0.722. The van der Waals surface area contributed by atoms with Gasteiger partial charge in [0.15, 0.2) is 5.82 Å². The molecule has 3 N–H and O–H groups in total. The monoisotopic (exact) mass is 367 g/mol. The van der Waals surface area contributed by atoms with Gasteiger partial charge in [0.1, 0.15) is 0 Å². The number of piperidine rings is 1. The van der Waals surface area contributed by atoms with Crippen molar-refractivity contribution in [2.24, 2.45) is 11.8 Å². The van der Waals surface area contributed by atoms with Gasteiger partial charge in [-0.15, -0.1) is 0 Å². The molecule has 2 saturated carbocycles. The average molecular weight is 367 g/mol. The van der Waals surface area contributed by atoms with Gasteiger partial charge in [-0.05, 0) is 31.1 Å². The molecule has 6 rings (SSSR count). The second-order valence-electron chi connectivity index (χ2n) is 8.26. The summed E-state index contributed by atoms with van der Waals surface area (Å²) in [5.41, 5.74) is 1.20. The fraction of sp³-hybridized carbons (Fsp3) is 0.667. The van der Waals surface area contributed by atoms with E-state index in [4.69, 9.17) is 15.0 Å². The smallest absolute Gasteiger partial charge is 0.235 e. The molecule has 27 heavy (non-hydrogen) atoms. The second kappa shape index (κ2) is 6.05. The Morgan fingerprint density at radius 3 is 2.44 bits per heavy atom. The van der Waals surface area contributed by atoms with Crippen LogP contribution in [0.25, 0.3) is 0 Å². The number of nitrogens with one attached hydrogen (secondary N) is 3. The van der Waals surface area contributed by atoms with E-state index < -0.39 is 0 Å². The minimum atomic E-state index is 0.586. The number of aromatic nitrogens is 5. The van der Waals surface area contributed by atoms with Gasteiger partial charge in [0.25, 0.3) is 0 Å². The molecule has 142 valence electrons. The van der Waals surface area contributed by atoms with Gasteiger partial charge in [0, 0.05) is 56.9 Å². The van der Waals surface area contributed by atoms with E-state index in [1.165, 1.54) is 25.0 Å². The fourth-order valence-corrected chi connectivity index (χ4v) is 4.24. The lowest BCUT2D eigenvalue weighted by atomic mass is 10.3. The van der Waals surface area contributed by atoms with Crippen LogP contribution in [0.4, 0.5) is 23.7 Å². The van der Waals surface area contributed by atoms with Crippen molar-refractivity contribution in [3.8, 4) is 0 Å². The number of piperazine rings is 1. The van der Waals surface area contributed by atoms with Crippen molar-refractivity contribution in [1.82, 2.24) is 30.5 Å². The van der Waals surface area contributed by atoms with E-state index in [9.17, 15) is 0 Å². The highest BCUT2D eigenvalue weighted by molar-refractivity contribution is 5.54. The molecule has 2 aromatic rings. The van der Waals surface area contributed by atoms with E-state index in [0.717, 1.165) is 68.8 Å². The molecule has 4 heterocycles. The number of rotatable bonds is 5. The first kappa shape index (κ1) is 15.6. The summed E-state index contributed by atoms with van der Waals surface area (Å²) in [4.78, 5) is 18.8. The predicted molar refractivity (Wildman–Crippen MR) is 103 cm³/mol. The molecule has 0 amide bonds. The van der Waals surface area contributed by atoms with Crippen LogP contribution in [0.15, 0.2) is 6.07 Å². The van der Waals surface area contributed by atoms with Gasteiger partial charge in [-0.2, -0.15) is 20.1 Å². The number of hydrogen-bond acceptors (Lipinski definition) is 8. The summed E-state index contributed by atoms with van der Waals surface area (Å²) < 4.78 is 0. The molecule has 0 aromatic carbocycles. The lowest BCUT2D eigenvalue weighted by Crippen LogP contribution is -2.44. The third-order valence-electron chi connectivity index (χ3n) is 6.13. The fourth-order valence-electron chi connectivity index (χ4n) is 4.24. The van der Waals surface area contributed by atoms with Gasteiger partial charge in [-0.1, -0.05) is 0 Å². The molecule has 2 unspecified atom stereocenters. The Labute approximate surface area is 158 Å². The molecule has 2 atom stereocenters. The van der Waals surface area contributed by atoms with Gasteiger partial charge in [-0.25, -0.2) is 0 Å². The standard InChI is InChI=1S/C18H25N9/c1-2-11(1)14-8-15(25-24-14)20-16-21-17(26-5-3-19-4-6-26)23-18(22-16)27-9-12-7-13(12)10-27/h8,11-13,19H,1-7,9-10H2,(H2,20,21,22,23,24,25). The molecule has 4 aliphatic rings. The topological polar surface area (TPSA) is 97.9 Å². The predicted octanol–water partition coefficient (Wildman–Crippen LogP) is 1.08. The number of hydrogen-bond donors (Lipinski definition) is 3. The van der Waals surface area contributed by atoms with Gasteiger partial charge >= 0.3 is 0 Å². The third kappa shape index (κ3) is 3.09. The largest absolute Gasteiger partial charge is 0.340 e. The maximum atomic E-state index is 4.81. The molecule has 4 fully saturated rings. The lowest BCUT2D eigenvalue weighted by Gasteiger charge is -2.28. The minimum Gasteiger partial charge on any atom is -0.340 e. The summed E-state index contributed by atoms with van der Waals surface area (Å²) in [6, 6.07) is 2.08. The highest BCUT2D eigenvalue weighted by Crippen LogP contribution is 2.46. The summed E-state index contributed by atoms with van der Waals surface area (Å²) in [7, 11) is 0. The van der Waals surface area contributed by atoms with Crippen molar-refractivity contribution in [2.45, 2.75) is 25.2 Å². The molecular formula is C18H25N9. The number of nitrogens with zero attached hydrogens (tertiary/aromatic N) is 6. The van der Waals surface area contributed by atoms with E-state index >= 15 is 0 Å². The first-order valence-corrected chi connectivity index (χ1v) is 10.1. The summed E-state index contributed by atoms with van der Waals surface area (Å²) in [6.45, 7) is 5.90. The Balaban J connectivity index is 1.29. The number of fused-ring (bicyclic) bond motifs is 1. The van der Waals surface area contributed by atoms with Crippen LogP contribution in [0, 0.1) is 11.8 Å². The third-order valence-corrected chi connectivity index (χ3v) is 6.13. The highest BCUT2D eigenvalue weighted by atomic mass is 15.4. The van der Waals surface area contributed by atoms with Crippen LogP contribution in [0.2, 0.25) is 0 Å². The molecule has 9 nitrogen and oxygen atoms in total. The van der Waals surface area contributed by atoms with Crippen molar-refractivity contribution >= 4 is 23.7 Å². The molecule has 0 bridgehead atoms. The SMILES string of the molecule is c1c(Nc2nc(N3CCNCC3)nc(N3CC4CC4C3)n2)n[nH]c1C1CC1. The molecule has 2 aliphatic carbocycles. The number of anilines is 4. The summed E-state index contributed by atoms with van der Waals surface area (Å²) in [6.07, 6.45) is 3.87. The number of aromatic amines is 1. The lowest BCUT2D eigenvalue weighted by molar-refractivity contribution is 0.578. The molecule has 2 saturated heterocycles. The van der Waals surface area contributed by atoms with Crippen LogP contribution in [-0.2, 0) is 0 Å². The summed E-state index contributed by atoms with van der Waals surface area (Å²) in [5, 5.41) is 14.2. The molecule has 0 radical (unpaired) electrons. The van der Waals surface area contributed by atoms with Crippen molar-refractivity contribution < 1.29 is 0 Å². The molecular weight excluding hydrogens is 342 g/mol. The maximum absolute atomic E-state index is 4.81. The minimum absolute atomic E-state index is 0.586. The zero-order chi connectivity index (χ0) is 17.8. The van der Waals surface area contributed by atoms with Crippen LogP contribution >= 0.6 is 0 Å². The summed E-state index contributed by atoms with van der Waals surface area (Å²) in [5.74, 6) is 5.26. The van der Waals surface area contributed by atoms with Gasteiger partial charge in [-0.3, -0.25) is 5.10 Å². The molecule has 2 aliphatic heterocycles. The van der Waals surface area contributed by atoms with Crippen LogP contribution in [0.5, 0.6) is 0 Å². The molecule has 9 heteroatoms. The van der Waals surface area contributed by atoms with Crippen LogP contribution in [-0.4, -0.2) is 64.4 Å². The van der Waals surface area contributed by atoms with E-state index in [1.807, 2.05) is 0 Å². The van der Waals surface area contributed by atoms with Crippen molar-refractivity contribution in [2.75, 3.05) is 54.4 Å². The normalized spacial score (nSPS) is 27.0. The maximum Gasteiger partial charge on any atom is 0.235 e.